The highest BCUT2D eigenvalue weighted by molar-refractivity contribution is 5.93. The largest absolute Gasteiger partial charge is 0.377 e. The summed E-state index contributed by atoms with van der Waals surface area (Å²) in [6.45, 7) is 4.46. The Hall–Kier alpha value is -2.82. The quantitative estimate of drug-likeness (QED) is 0.622. The molecule has 1 N–H and O–H groups in total. The number of hydrogen-bond donors (Lipinski definition) is 1. The molecule has 1 atom stereocenters. The number of hydrogen-bond acceptors (Lipinski definition) is 3. The Morgan fingerprint density at radius 1 is 1.06 bits per heavy atom. The molecule has 0 radical (unpaired) electrons. The predicted molar refractivity (Wildman–Crippen MR) is 127 cm³/mol. The molecule has 1 aliphatic carbocycles. The molecule has 1 saturated carbocycles. The van der Waals surface area contributed by atoms with E-state index in [1.165, 1.54) is 0 Å². The van der Waals surface area contributed by atoms with E-state index in [-0.39, 0.29) is 23.8 Å². The lowest BCUT2D eigenvalue weighted by atomic mass is 10.0. The molecule has 31 heavy (non-hydrogen) atoms. The molecule has 2 aromatic rings. The summed E-state index contributed by atoms with van der Waals surface area (Å²) in [6.07, 6.45) is 4.67. The van der Waals surface area contributed by atoms with Crippen LogP contribution in [0.1, 0.15) is 63.1 Å². The van der Waals surface area contributed by atoms with Gasteiger partial charge in [-0.25, -0.2) is 0 Å². The number of amides is 2. The van der Waals surface area contributed by atoms with Crippen molar-refractivity contribution in [3.05, 3.63) is 59.7 Å². The lowest BCUT2D eigenvalue weighted by Crippen LogP contribution is -2.33. The van der Waals surface area contributed by atoms with Gasteiger partial charge in [0.2, 0.25) is 11.8 Å². The molecule has 0 spiro atoms. The van der Waals surface area contributed by atoms with Gasteiger partial charge in [0, 0.05) is 44.4 Å². The number of nitrogens with one attached hydrogen (secondary N) is 1. The van der Waals surface area contributed by atoms with E-state index in [4.69, 9.17) is 0 Å². The van der Waals surface area contributed by atoms with Crippen molar-refractivity contribution in [2.75, 3.05) is 24.3 Å². The van der Waals surface area contributed by atoms with Crippen LogP contribution in [-0.2, 0) is 16.1 Å². The molecule has 0 saturated heterocycles. The van der Waals surface area contributed by atoms with E-state index in [9.17, 15) is 9.59 Å². The first-order valence-electron chi connectivity index (χ1n) is 11.4. The fraction of sp³-hybridized carbons (Fsp3) is 0.462. The molecule has 1 unspecified atom stereocenters. The van der Waals surface area contributed by atoms with E-state index in [0.29, 0.717) is 13.0 Å². The van der Waals surface area contributed by atoms with E-state index in [1.54, 1.807) is 0 Å². The molecule has 5 nitrogen and oxygen atoms in total. The minimum atomic E-state index is -0.0413. The summed E-state index contributed by atoms with van der Waals surface area (Å²) in [5.41, 5.74) is 3.99. The average molecular weight is 422 g/mol. The minimum absolute atomic E-state index is 0.0413. The smallest absolute Gasteiger partial charge is 0.227 e. The zero-order chi connectivity index (χ0) is 22.4. The Kier molecular flexibility index (Phi) is 7.72. The maximum Gasteiger partial charge on any atom is 0.227 e. The molecule has 166 valence electrons. The lowest BCUT2D eigenvalue weighted by molar-refractivity contribution is -0.133. The van der Waals surface area contributed by atoms with Crippen molar-refractivity contribution < 1.29 is 9.59 Å². The van der Waals surface area contributed by atoms with Crippen LogP contribution >= 0.6 is 0 Å². The van der Waals surface area contributed by atoms with Crippen LogP contribution in [0.15, 0.2) is 48.5 Å². The van der Waals surface area contributed by atoms with E-state index >= 15 is 0 Å². The number of nitrogens with zero attached hydrogens (tertiary/aromatic N) is 2. The molecule has 0 aliphatic heterocycles. The number of rotatable bonds is 8. The Balaban J connectivity index is 1.88. The maximum absolute atomic E-state index is 12.9. The van der Waals surface area contributed by atoms with E-state index in [0.717, 1.165) is 48.2 Å². The molecule has 1 fully saturated rings. The van der Waals surface area contributed by atoms with Crippen LogP contribution in [0.2, 0.25) is 0 Å². The molecule has 2 aromatic carbocycles. The Labute approximate surface area is 186 Å². The first-order chi connectivity index (χ1) is 14.9. The summed E-state index contributed by atoms with van der Waals surface area (Å²) in [5.74, 6) is 0.342. The fourth-order valence-electron chi connectivity index (χ4n) is 4.40. The average Bonchev–Trinajstić information content (AvgIpc) is 3.32. The summed E-state index contributed by atoms with van der Waals surface area (Å²) in [6, 6.07) is 16.1. The van der Waals surface area contributed by atoms with E-state index in [1.807, 2.05) is 62.3 Å². The van der Waals surface area contributed by atoms with E-state index < -0.39 is 0 Å². The second-order valence-electron chi connectivity index (χ2n) is 8.67. The monoisotopic (exact) mass is 421 g/mol. The molecule has 0 aromatic heterocycles. The highest BCUT2D eigenvalue weighted by Crippen LogP contribution is 2.30. The maximum atomic E-state index is 12.9. The molecular formula is C26H35N3O2. The summed E-state index contributed by atoms with van der Waals surface area (Å²) < 4.78 is 0. The van der Waals surface area contributed by atoms with Crippen LogP contribution in [0.5, 0.6) is 0 Å². The summed E-state index contributed by atoms with van der Waals surface area (Å²) >= 11 is 0. The van der Waals surface area contributed by atoms with Gasteiger partial charge in [-0.2, -0.15) is 0 Å². The van der Waals surface area contributed by atoms with Gasteiger partial charge in [0.1, 0.15) is 0 Å². The second kappa shape index (κ2) is 10.5. The summed E-state index contributed by atoms with van der Waals surface area (Å²) in [7, 11) is 4.00. The highest BCUT2D eigenvalue weighted by atomic mass is 16.2. The van der Waals surface area contributed by atoms with Gasteiger partial charge in [-0.1, -0.05) is 50.1 Å². The zero-order valence-corrected chi connectivity index (χ0v) is 19.2. The van der Waals surface area contributed by atoms with Gasteiger partial charge in [-0.05, 0) is 49.1 Å². The van der Waals surface area contributed by atoms with Crippen molar-refractivity contribution in [3.63, 3.8) is 0 Å². The van der Waals surface area contributed by atoms with Crippen molar-refractivity contribution >= 4 is 23.2 Å². The Bertz CT molecular complexity index is 889. The fourth-order valence-corrected chi connectivity index (χ4v) is 4.40. The zero-order valence-electron chi connectivity index (χ0n) is 19.2. The highest BCUT2D eigenvalue weighted by Gasteiger charge is 2.24. The second-order valence-corrected chi connectivity index (χ2v) is 8.67. The number of anilines is 2. The third kappa shape index (κ3) is 5.66. The number of benzene rings is 2. The minimum Gasteiger partial charge on any atom is -0.377 e. The molecule has 3 rings (SSSR count). The van der Waals surface area contributed by atoms with Crippen molar-refractivity contribution in [1.29, 1.82) is 0 Å². The van der Waals surface area contributed by atoms with Crippen LogP contribution in [0.4, 0.5) is 11.4 Å². The Morgan fingerprint density at radius 3 is 2.35 bits per heavy atom. The molecule has 5 heteroatoms. The molecule has 1 aliphatic rings. The van der Waals surface area contributed by atoms with Gasteiger partial charge < -0.3 is 15.1 Å². The van der Waals surface area contributed by atoms with Crippen LogP contribution in [0, 0.1) is 5.92 Å². The topological polar surface area (TPSA) is 52.7 Å². The van der Waals surface area contributed by atoms with Crippen molar-refractivity contribution in [1.82, 2.24) is 4.90 Å². The first kappa shape index (κ1) is 22.9. The van der Waals surface area contributed by atoms with Crippen LogP contribution in [0.25, 0.3) is 0 Å². The van der Waals surface area contributed by atoms with Crippen LogP contribution < -0.4 is 10.2 Å². The van der Waals surface area contributed by atoms with Crippen LogP contribution in [0.3, 0.4) is 0 Å². The third-order valence-corrected chi connectivity index (χ3v) is 6.27. The number of carbonyl (C=O) groups is 2. The van der Waals surface area contributed by atoms with Gasteiger partial charge in [-0.3, -0.25) is 9.59 Å². The van der Waals surface area contributed by atoms with E-state index in [2.05, 4.69) is 29.3 Å². The third-order valence-electron chi connectivity index (χ3n) is 6.27. The number of carbonyl (C=O) groups excluding carboxylic acids is 2. The van der Waals surface area contributed by atoms with Gasteiger partial charge in [-0.15, -0.1) is 0 Å². The summed E-state index contributed by atoms with van der Waals surface area (Å²) in [5, 5.41) is 3.11. The SMILES string of the molecule is CCC(=O)N(Cc1cc(NC(=O)C2CCCC2)ccc1N(C)C)C(C)c1ccccc1. The lowest BCUT2D eigenvalue weighted by Gasteiger charge is -2.31. The van der Waals surface area contributed by atoms with Crippen molar-refractivity contribution in [3.8, 4) is 0 Å². The molecule has 2 amide bonds. The molecule has 0 bridgehead atoms. The molecule has 0 heterocycles. The Morgan fingerprint density at radius 2 is 1.74 bits per heavy atom. The normalized spacial score (nSPS) is 14.8. The van der Waals surface area contributed by atoms with Gasteiger partial charge in [0.05, 0.1) is 6.04 Å². The van der Waals surface area contributed by atoms with Crippen LogP contribution in [-0.4, -0.2) is 30.8 Å². The van der Waals surface area contributed by atoms with Gasteiger partial charge in [0.25, 0.3) is 0 Å². The summed E-state index contributed by atoms with van der Waals surface area (Å²) in [4.78, 5) is 29.5. The van der Waals surface area contributed by atoms with Gasteiger partial charge in [0.15, 0.2) is 0 Å². The molecular weight excluding hydrogens is 386 g/mol. The first-order valence-corrected chi connectivity index (χ1v) is 11.4. The van der Waals surface area contributed by atoms with Gasteiger partial charge >= 0.3 is 0 Å². The predicted octanol–water partition coefficient (Wildman–Crippen LogP) is 5.38. The standard InChI is InChI=1S/C26H35N3O2/c1-5-25(30)29(19(2)20-11-7-6-8-12-20)18-22-17-23(15-16-24(22)28(3)4)27-26(31)21-13-9-10-14-21/h6-8,11-12,15-17,19,21H,5,9-10,13-14,18H2,1-4H3,(H,27,31). The van der Waals surface area contributed by atoms with Crippen molar-refractivity contribution in [2.24, 2.45) is 5.92 Å². The van der Waals surface area contributed by atoms with Crippen molar-refractivity contribution in [2.45, 2.75) is 58.5 Å².